The molecule has 0 unspecified atom stereocenters. The first-order chi connectivity index (χ1) is 16.6. The zero-order valence-corrected chi connectivity index (χ0v) is 19.6. The number of amides is 2. The molecule has 5 nitrogen and oxygen atoms in total. The van der Waals surface area contributed by atoms with Crippen LogP contribution in [-0.2, 0) is 16.0 Å². The van der Waals surface area contributed by atoms with E-state index in [1.54, 1.807) is 11.9 Å². The van der Waals surface area contributed by atoms with Crippen molar-refractivity contribution >= 4 is 12.0 Å². The fourth-order valence-corrected chi connectivity index (χ4v) is 4.67. The molecule has 176 valence electrons. The third kappa shape index (κ3) is 6.04. The van der Waals surface area contributed by atoms with E-state index in [0.717, 1.165) is 42.4 Å². The first-order valence-corrected chi connectivity index (χ1v) is 12.0. The van der Waals surface area contributed by atoms with E-state index < -0.39 is 12.1 Å². The minimum Gasteiger partial charge on any atom is -0.446 e. The van der Waals surface area contributed by atoms with E-state index in [2.05, 4.69) is 5.32 Å². The van der Waals surface area contributed by atoms with E-state index >= 15 is 0 Å². The van der Waals surface area contributed by atoms with Crippen LogP contribution in [0.25, 0.3) is 0 Å². The Morgan fingerprint density at radius 2 is 1.35 bits per heavy atom. The van der Waals surface area contributed by atoms with Gasteiger partial charge in [-0.3, -0.25) is 4.79 Å². The van der Waals surface area contributed by atoms with E-state index in [1.165, 1.54) is 0 Å². The second-order valence-corrected chi connectivity index (χ2v) is 8.87. The Morgan fingerprint density at radius 1 is 0.853 bits per heavy atom. The van der Waals surface area contributed by atoms with Gasteiger partial charge in [0.2, 0.25) is 5.91 Å². The first kappa shape index (κ1) is 23.6. The van der Waals surface area contributed by atoms with Gasteiger partial charge < -0.3 is 15.0 Å². The summed E-state index contributed by atoms with van der Waals surface area (Å²) in [5.74, 6) is -0.162. The molecule has 1 fully saturated rings. The average Bonchev–Trinajstić information content (AvgIpc) is 3.38. The molecule has 0 saturated heterocycles. The maximum atomic E-state index is 13.9. The summed E-state index contributed by atoms with van der Waals surface area (Å²) in [5.41, 5.74) is 3.00. The van der Waals surface area contributed by atoms with Crippen molar-refractivity contribution in [2.75, 3.05) is 7.05 Å². The standard InChI is InChI=1S/C29H32N2O3/c1-31(27(23-15-7-3-8-16-23)24-17-9-4-10-18-24)28(32)26(21-22-13-5-2-6-14-22)30-29(33)34-25-19-11-12-20-25/h2-10,13-18,25-27H,11-12,19-21H2,1H3,(H,30,33)/t26-/m0/s1. The number of nitrogens with one attached hydrogen (secondary N) is 1. The second kappa shape index (κ2) is 11.5. The first-order valence-electron chi connectivity index (χ1n) is 12.0. The van der Waals surface area contributed by atoms with Gasteiger partial charge in [0.15, 0.2) is 0 Å². The molecule has 1 aliphatic rings. The Bertz CT molecular complexity index is 1010. The molecule has 1 aliphatic carbocycles. The van der Waals surface area contributed by atoms with Crippen LogP contribution in [0.4, 0.5) is 4.79 Å². The van der Waals surface area contributed by atoms with Crippen molar-refractivity contribution in [3.05, 3.63) is 108 Å². The predicted molar refractivity (Wildman–Crippen MR) is 133 cm³/mol. The van der Waals surface area contributed by atoms with Crippen molar-refractivity contribution in [3.8, 4) is 0 Å². The molecule has 0 aliphatic heterocycles. The molecule has 3 aromatic carbocycles. The zero-order chi connectivity index (χ0) is 23.8. The summed E-state index contributed by atoms with van der Waals surface area (Å²) in [4.78, 5) is 28.3. The molecule has 4 rings (SSSR count). The second-order valence-electron chi connectivity index (χ2n) is 8.87. The van der Waals surface area contributed by atoms with Crippen LogP contribution in [0.1, 0.15) is 48.4 Å². The largest absolute Gasteiger partial charge is 0.446 e. The highest BCUT2D eigenvalue weighted by Crippen LogP contribution is 2.28. The average molecular weight is 457 g/mol. The monoisotopic (exact) mass is 456 g/mol. The molecular weight excluding hydrogens is 424 g/mol. The zero-order valence-electron chi connectivity index (χ0n) is 19.6. The van der Waals surface area contributed by atoms with Crippen molar-refractivity contribution in [2.45, 2.75) is 50.3 Å². The van der Waals surface area contributed by atoms with E-state index in [9.17, 15) is 9.59 Å². The Labute approximate surface area is 201 Å². The molecule has 34 heavy (non-hydrogen) atoms. The van der Waals surface area contributed by atoms with Gasteiger partial charge >= 0.3 is 6.09 Å². The van der Waals surface area contributed by atoms with Gasteiger partial charge in [-0.1, -0.05) is 91.0 Å². The van der Waals surface area contributed by atoms with Crippen LogP contribution in [0.3, 0.4) is 0 Å². The maximum absolute atomic E-state index is 13.9. The number of benzene rings is 3. The number of hydrogen-bond donors (Lipinski definition) is 1. The van der Waals surface area contributed by atoms with Crippen LogP contribution >= 0.6 is 0 Å². The number of ether oxygens (including phenoxy) is 1. The number of rotatable bonds is 8. The van der Waals surface area contributed by atoms with Crippen LogP contribution in [0.5, 0.6) is 0 Å². The summed E-state index contributed by atoms with van der Waals surface area (Å²) >= 11 is 0. The van der Waals surface area contributed by atoms with E-state index in [-0.39, 0.29) is 18.1 Å². The molecule has 2 amide bonds. The minimum atomic E-state index is -0.740. The third-order valence-corrected chi connectivity index (χ3v) is 6.41. The van der Waals surface area contributed by atoms with Crippen LogP contribution in [0, 0.1) is 0 Å². The SMILES string of the molecule is CN(C(=O)[C@H](Cc1ccccc1)NC(=O)OC1CCCC1)C(c1ccccc1)c1ccccc1. The van der Waals surface area contributed by atoms with Crippen molar-refractivity contribution in [2.24, 2.45) is 0 Å². The van der Waals surface area contributed by atoms with Gasteiger partial charge in [-0.15, -0.1) is 0 Å². The number of hydrogen-bond acceptors (Lipinski definition) is 3. The maximum Gasteiger partial charge on any atom is 0.408 e. The lowest BCUT2D eigenvalue weighted by Gasteiger charge is -2.32. The Hall–Kier alpha value is -3.60. The van der Waals surface area contributed by atoms with Gasteiger partial charge in [0.1, 0.15) is 12.1 Å². The fraction of sp³-hybridized carbons (Fsp3) is 0.310. The van der Waals surface area contributed by atoms with Crippen LogP contribution < -0.4 is 5.32 Å². The Morgan fingerprint density at radius 3 is 1.88 bits per heavy atom. The summed E-state index contributed by atoms with van der Waals surface area (Å²) in [6.45, 7) is 0. The highest BCUT2D eigenvalue weighted by Gasteiger charge is 2.31. The molecular formula is C29H32N2O3. The van der Waals surface area contributed by atoms with Crippen LogP contribution in [0.2, 0.25) is 0 Å². The van der Waals surface area contributed by atoms with E-state index in [1.807, 2.05) is 91.0 Å². The van der Waals surface area contributed by atoms with Crippen LogP contribution in [-0.4, -0.2) is 36.1 Å². The van der Waals surface area contributed by atoms with Crippen LogP contribution in [0.15, 0.2) is 91.0 Å². The number of carbonyl (C=O) groups excluding carboxylic acids is 2. The fourth-order valence-electron chi connectivity index (χ4n) is 4.67. The number of nitrogens with zero attached hydrogens (tertiary/aromatic N) is 1. The summed E-state index contributed by atoms with van der Waals surface area (Å²) in [5, 5.41) is 2.88. The third-order valence-electron chi connectivity index (χ3n) is 6.41. The Balaban J connectivity index is 1.59. The van der Waals surface area contributed by atoms with Gasteiger partial charge in [0, 0.05) is 13.5 Å². The van der Waals surface area contributed by atoms with Gasteiger partial charge in [0.05, 0.1) is 6.04 Å². The summed E-state index contributed by atoms with van der Waals surface area (Å²) in [6, 6.07) is 28.7. The molecule has 0 bridgehead atoms. The summed E-state index contributed by atoms with van der Waals surface area (Å²) < 4.78 is 5.62. The topological polar surface area (TPSA) is 58.6 Å². The molecule has 0 radical (unpaired) electrons. The lowest BCUT2D eigenvalue weighted by molar-refractivity contribution is -0.133. The van der Waals surface area contributed by atoms with Gasteiger partial charge in [-0.2, -0.15) is 0 Å². The normalized spacial score (nSPS) is 14.5. The Kier molecular flexibility index (Phi) is 7.97. The van der Waals surface area contributed by atoms with Gasteiger partial charge in [-0.05, 0) is 42.4 Å². The molecule has 0 aromatic heterocycles. The van der Waals surface area contributed by atoms with E-state index in [4.69, 9.17) is 4.74 Å². The van der Waals surface area contributed by atoms with Crippen molar-refractivity contribution in [3.63, 3.8) is 0 Å². The lowest BCUT2D eigenvalue weighted by Crippen LogP contribution is -2.50. The van der Waals surface area contributed by atoms with Crippen molar-refractivity contribution in [1.29, 1.82) is 0 Å². The lowest BCUT2D eigenvalue weighted by atomic mass is 9.96. The number of alkyl carbamates (subject to hydrolysis) is 1. The molecule has 0 heterocycles. The highest BCUT2D eigenvalue weighted by atomic mass is 16.6. The summed E-state index contributed by atoms with van der Waals surface area (Å²) in [6.07, 6.45) is 3.71. The van der Waals surface area contributed by atoms with Crippen molar-refractivity contribution in [1.82, 2.24) is 10.2 Å². The molecule has 0 spiro atoms. The van der Waals surface area contributed by atoms with Crippen molar-refractivity contribution < 1.29 is 14.3 Å². The molecule has 3 aromatic rings. The van der Waals surface area contributed by atoms with Gasteiger partial charge in [0.25, 0.3) is 0 Å². The van der Waals surface area contributed by atoms with Gasteiger partial charge in [-0.25, -0.2) is 4.79 Å². The molecule has 5 heteroatoms. The molecule has 1 N–H and O–H groups in total. The van der Waals surface area contributed by atoms with E-state index in [0.29, 0.717) is 6.42 Å². The number of carbonyl (C=O) groups is 2. The summed E-state index contributed by atoms with van der Waals surface area (Å²) in [7, 11) is 1.80. The number of likely N-dealkylation sites (N-methyl/N-ethyl adjacent to an activating group) is 1. The quantitative estimate of drug-likeness (QED) is 0.486. The highest BCUT2D eigenvalue weighted by molar-refractivity contribution is 5.86. The predicted octanol–water partition coefficient (Wildman–Crippen LogP) is 5.51. The minimum absolute atomic E-state index is 0.0633. The molecule has 1 saturated carbocycles. The smallest absolute Gasteiger partial charge is 0.408 e. The molecule has 1 atom stereocenters.